The van der Waals surface area contributed by atoms with E-state index in [0.29, 0.717) is 6.54 Å². The first kappa shape index (κ1) is 21.4. The van der Waals surface area contributed by atoms with Gasteiger partial charge in [0.1, 0.15) is 5.01 Å². The van der Waals surface area contributed by atoms with Crippen molar-refractivity contribution in [2.45, 2.75) is 26.9 Å². The smallest absolute Gasteiger partial charge is 0.194 e. The maximum Gasteiger partial charge on any atom is 0.194 e. The zero-order valence-electron chi connectivity index (χ0n) is 17.8. The summed E-state index contributed by atoms with van der Waals surface area (Å²) in [4.78, 5) is 15.3. The van der Waals surface area contributed by atoms with Gasteiger partial charge in [-0.1, -0.05) is 6.07 Å². The van der Waals surface area contributed by atoms with Crippen molar-refractivity contribution < 1.29 is 9.47 Å². The van der Waals surface area contributed by atoms with Crippen molar-refractivity contribution in [3.05, 3.63) is 39.8 Å². The molecule has 0 aliphatic carbocycles. The summed E-state index contributed by atoms with van der Waals surface area (Å²) in [6, 6.07) is 6.14. The molecule has 0 spiro atoms. The predicted octanol–water partition coefficient (Wildman–Crippen LogP) is 2.75. The number of rotatable bonds is 7. The molecule has 0 saturated carbocycles. The minimum atomic E-state index is 0.632. The van der Waals surface area contributed by atoms with E-state index >= 15 is 0 Å². The Morgan fingerprint density at radius 2 is 1.93 bits per heavy atom. The zero-order valence-corrected chi connectivity index (χ0v) is 18.6. The fourth-order valence-corrected chi connectivity index (χ4v) is 4.11. The summed E-state index contributed by atoms with van der Waals surface area (Å²) in [5.41, 5.74) is 1.23. The number of guanidine groups is 1. The number of nitrogens with zero attached hydrogens (tertiary/aromatic N) is 4. The van der Waals surface area contributed by atoms with Crippen molar-refractivity contribution in [1.82, 2.24) is 20.1 Å². The van der Waals surface area contributed by atoms with Crippen LogP contribution < -0.4 is 14.8 Å². The molecule has 29 heavy (non-hydrogen) atoms. The van der Waals surface area contributed by atoms with Crippen molar-refractivity contribution in [3.8, 4) is 11.5 Å². The summed E-state index contributed by atoms with van der Waals surface area (Å²) < 4.78 is 10.8. The molecule has 0 atom stereocenters. The molecule has 7 nitrogen and oxygen atoms in total. The molecule has 2 heterocycles. The molecule has 1 aromatic heterocycles. The SMILES string of the molecule is CCNC(=NCc1ncc(C)s1)N1CCN(Cc2ccc(OC)c(OC)c2)CC1. The van der Waals surface area contributed by atoms with E-state index in [1.165, 1.54) is 10.4 Å². The quantitative estimate of drug-likeness (QED) is 0.552. The molecule has 0 radical (unpaired) electrons. The van der Waals surface area contributed by atoms with E-state index in [-0.39, 0.29) is 0 Å². The molecule has 1 N–H and O–H groups in total. The van der Waals surface area contributed by atoms with Crippen LogP contribution in [0, 0.1) is 6.92 Å². The third-order valence-electron chi connectivity index (χ3n) is 4.89. The average molecular weight is 418 g/mol. The number of nitrogens with one attached hydrogen (secondary N) is 1. The zero-order chi connectivity index (χ0) is 20.6. The Labute approximate surface area is 177 Å². The number of ether oxygens (including phenoxy) is 2. The topological polar surface area (TPSA) is 62.2 Å². The molecule has 0 unspecified atom stereocenters. The number of thiazole rings is 1. The number of aryl methyl sites for hydroxylation is 1. The third kappa shape index (κ3) is 5.83. The normalized spacial score (nSPS) is 15.4. The molecule has 158 valence electrons. The molecule has 1 aliphatic heterocycles. The summed E-state index contributed by atoms with van der Waals surface area (Å²) in [6.45, 7) is 10.5. The van der Waals surface area contributed by atoms with Crippen molar-refractivity contribution in [1.29, 1.82) is 0 Å². The van der Waals surface area contributed by atoms with Crippen LogP contribution in [-0.2, 0) is 13.1 Å². The van der Waals surface area contributed by atoms with Crippen LogP contribution in [0.2, 0.25) is 0 Å². The highest BCUT2D eigenvalue weighted by Gasteiger charge is 2.20. The predicted molar refractivity (Wildman–Crippen MR) is 118 cm³/mol. The Morgan fingerprint density at radius 1 is 1.17 bits per heavy atom. The minimum absolute atomic E-state index is 0.632. The van der Waals surface area contributed by atoms with Crippen LogP contribution in [-0.4, -0.2) is 67.7 Å². The molecule has 1 aliphatic rings. The highest BCUT2D eigenvalue weighted by Crippen LogP contribution is 2.28. The number of benzene rings is 1. The molecule has 3 rings (SSSR count). The van der Waals surface area contributed by atoms with E-state index in [2.05, 4.69) is 46.1 Å². The van der Waals surface area contributed by atoms with Gasteiger partial charge >= 0.3 is 0 Å². The van der Waals surface area contributed by atoms with Gasteiger partial charge in [-0.3, -0.25) is 4.90 Å². The lowest BCUT2D eigenvalue weighted by Gasteiger charge is -2.36. The first-order valence-corrected chi connectivity index (χ1v) is 10.8. The van der Waals surface area contributed by atoms with Gasteiger partial charge in [-0.15, -0.1) is 11.3 Å². The summed E-state index contributed by atoms with van der Waals surface area (Å²) >= 11 is 1.71. The number of hydrogen-bond acceptors (Lipinski definition) is 6. The molecule has 0 bridgehead atoms. The lowest BCUT2D eigenvalue weighted by atomic mass is 10.1. The summed E-state index contributed by atoms with van der Waals surface area (Å²) in [6.07, 6.45) is 1.91. The van der Waals surface area contributed by atoms with E-state index in [4.69, 9.17) is 14.5 Å². The van der Waals surface area contributed by atoms with Crippen molar-refractivity contribution in [2.75, 3.05) is 46.9 Å². The van der Waals surface area contributed by atoms with Gasteiger partial charge in [0.05, 0.1) is 20.8 Å². The van der Waals surface area contributed by atoms with Gasteiger partial charge in [-0.25, -0.2) is 9.98 Å². The van der Waals surface area contributed by atoms with Gasteiger partial charge in [0.25, 0.3) is 0 Å². The lowest BCUT2D eigenvalue weighted by Crippen LogP contribution is -2.52. The fourth-order valence-electron chi connectivity index (χ4n) is 3.40. The monoisotopic (exact) mass is 417 g/mol. The van der Waals surface area contributed by atoms with E-state index in [1.807, 2.05) is 12.3 Å². The second-order valence-corrected chi connectivity index (χ2v) is 8.31. The fraction of sp³-hybridized carbons (Fsp3) is 0.524. The van der Waals surface area contributed by atoms with E-state index in [0.717, 1.165) is 61.7 Å². The average Bonchev–Trinajstić information content (AvgIpc) is 3.16. The Hall–Kier alpha value is -2.32. The highest BCUT2D eigenvalue weighted by atomic mass is 32.1. The van der Waals surface area contributed by atoms with Gasteiger partial charge in [0.2, 0.25) is 0 Å². The number of hydrogen-bond donors (Lipinski definition) is 1. The number of piperazine rings is 1. The van der Waals surface area contributed by atoms with Crippen LogP contribution in [0.25, 0.3) is 0 Å². The molecule has 0 amide bonds. The van der Waals surface area contributed by atoms with Crippen molar-refractivity contribution in [2.24, 2.45) is 4.99 Å². The van der Waals surface area contributed by atoms with Crippen molar-refractivity contribution in [3.63, 3.8) is 0 Å². The summed E-state index contributed by atoms with van der Waals surface area (Å²) in [5.74, 6) is 2.52. The maximum absolute atomic E-state index is 5.43. The molecule has 1 aromatic carbocycles. The number of aliphatic imine (C=N–C) groups is 1. The largest absolute Gasteiger partial charge is 0.493 e. The van der Waals surface area contributed by atoms with E-state index in [9.17, 15) is 0 Å². The highest BCUT2D eigenvalue weighted by molar-refractivity contribution is 7.11. The molecular formula is C21H31N5O2S. The number of methoxy groups -OCH3 is 2. The second-order valence-electron chi connectivity index (χ2n) is 6.99. The third-order valence-corrected chi connectivity index (χ3v) is 5.79. The molecule has 1 fully saturated rings. The van der Waals surface area contributed by atoms with Gasteiger partial charge in [-0.05, 0) is 31.5 Å². The van der Waals surface area contributed by atoms with Gasteiger partial charge in [0.15, 0.2) is 17.5 Å². The first-order valence-electron chi connectivity index (χ1n) is 10.0. The minimum Gasteiger partial charge on any atom is -0.493 e. The van der Waals surface area contributed by atoms with Crippen LogP contribution in [0.15, 0.2) is 29.4 Å². The first-order chi connectivity index (χ1) is 14.1. The molecule has 8 heteroatoms. The Bertz CT molecular complexity index is 815. The maximum atomic E-state index is 5.43. The second kappa shape index (κ2) is 10.5. The summed E-state index contributed by atoms with van der Waals surface area (Å²) in [5, 5.41) is 4.49. The number of aromatic nitrogens is 1. The van der Waals surface area contributed by atoms with Gasteiger partial charge < -0.3 is 19.7 Å². The van der Waals surface area contributed by atoms with Crippen LogP contribution in [0.5, 0.6) is 11.5 Å². The van der Waals surface area contributed by atoms with Crippen LogP contribution in [0.4, 0.5) is 0 Å². The molecular weight excluding hydrogens is 386 g/mol. The van der Waals surface area contributed by atoms with Crippen LogP contribution in [0.1, 0.15) is 22.4 Å². The van der Waals surface area contributed by atoms with Gasteiger partial charge in [-0.2, -0.15) is 0 Å². The Balaban J connectivity index is 1.56. The van der Waals surface area contributed by atoms with E-state index in [1.54, 1.807) is 25.6 Å². The lowest BCUT2D eigenvalue weighted by molar-refractivity contribution is 0.172. The molecule has 2 aromatic rings. The molecule has 1 saturated heterocycles. The standard InChI is InChI=1S/C21H31N5O2S/c1-5-22-21(24-14-20-23-13-16(2)29-20)26-10-8-25(9-11-26)15-17-6-7-18(27-3)19(12-17)28-4/h6-7,12-13H,5,8-11,14-15H2,1-4H3,(H,22,24). The Morgan fingerprint density at radius 3 is 2.55 bits per heavy atom. The van der Waals surface area contributed by atoms with Gasteiger partial charge in [0, 0.05) is 50.3 Å². The van der Waals surface area contributed by atoms with Crippen LogP contribution in [0.3, 0.4) is 0 Å². The van der Waals surface area contributed by atoms with Crippen molar-refractivity contribution >= 4 is 17.3 Å². The van der Waals surface area contributed by atoms with E-state index < -0.39 is 0 Å². The van der Waals surface area contributed by atoms with Crippen LogP contribution >= 0.6 is 11.3 Å². The Kier molecular flexibility index (Phi) is 7.71. The summed E-state index contributed by atoms with van der Waals surface area (Å²) in [7, 11) is 3.34.